The van der Waals surface area contributed by atoms with Gasteiger partial charge in [-0.1, -0.05) is 0 Å². The average molecular weight is 244 g/mol. The average Bonchev–Trinajstić information content (AvgIpc) is 2.58. The van der Waals surface area contributed by atoms with Crippen LogP contribution in [0.25, 0.3) is 0 Å². The molecule has 16 heavy (non-hydrogen) atoms. The van der Waals surface area contributed by atoms with Crippen LogP contribution in [0.3, 0.4) is 0 Å². The Kier molecular flexibility index (Phi) is 4.00. The first-order valence-corrected chi connectivity index (χ1v) is 5.99. The van der Waals surface area contributed by atoms with E-state index in [1.54, 1.807) is 0 Å². The topological polar surface area (TPSA) is 111 Å². The standard InChI is InChI=1S/C8H12N4O3S/c1-15-6-7-5-8(16(10,13)14)12(11-7)4-2-3-9/h5H,2,4,6H2,1H3,(H2,10,13,14). The van der Waals surface area contributed by atoms with Gasteiger partial charge in [-0.05, 0) is 0 Å². The molecule has 1 aromatic heterocycles. The molecule has 1 rings (SSSR count). The quantitative estimate of drug-likeness (QED) is 0.756. The molecule has 0 saturated heterocycles. The van der Waals surface area contributed by atoms with Crippen molar-refractivity contribution in [3.05, 3.63) is 11.8 Å². The summed E-state index contributed by atoms with van der Waals surface area (Å²) >= 11 is 0. The van der Waals surface area contributed by atoms with Crippen molar-refractivity contribution in [1.29, 1.82) is 5.26 Å². The zero-order chi connectivity index (χ0) is 12.2. The van der Waals surface area contributed by atoms with Crippen LogP contribution in [0.5, 0.6) is 0 Å². The van der Waals surface area contributed by atoms with Gasteiger partial charge < -0.3 is 4.74 Å². The van der Waals surface area contributed by atoms with E-state index in [0.29, 0.717) is 5.69 Å². The zero-order valence-corrected chi connectivity index (χ0v) is 9.57. The van der Waals surface area contributed by atoms with E-state index in [2.05, 4.69) is 5.10 Å². The summed E-state index contributed by atoms with van der Waals surface area (Å²) < 4.78 is 28.5. The molecule has 0 bridgehead atoms. The number of sulfonamides is 1. The van der Waals surface area contributed by atoms with Gasteiger partial charge in [-0.15, -0.1) is 0 Å². The van der Waals surface area contributed by atoms with E-state index < -0.39 is 10.0 Å². The van der Waals surface area contributed by atoms with Crippen molar-refractivity contribution in [3.63, 3.8) is 0 Å². The van der Waals surface area contributed by atoms with Crippen molar-refractivity contribution in [2.75, 3.05) is 7.11 Å². The molecule has 0 fully saturated rings. The molecule has 0 radical (unpaired) electrons. The first kappa shape index (κ1) is 12.6. The molecule has 0 saturated carbocycles. The van der Waals surface area contributed by atoms with Crippen molar-refractivity contribution in [2.45, 2.75) is 24.6 Å². The van der Waals surface area contributed by atoms with Crippen LogP contribution in [0.2, 0.25) is 0 Å². The fraction of sp³-hybridized carbons (Fsp3) is 0.500. The van der Waals surface area contributed by atoms with Gasteiger partial charge in [0, 0.05) is 13.2 Å². The number of nitrogens with zero attached hydrogens (tertiary/aromatic N) is 3. The Morgan fingerprint density at radius 2 is 2.38 bits per heavy atom. The Morgan fingerprint density at radius 1 is 1.69 bits per heavy atom. The van der Waals surface area contributed by atoms with Crippen molar-refractivity contribution in [1.82, 2.24) is 9.78 Å². The van der Waals surface area contributed by atoms with Crippen LogP contribution in [-0.4, -0.2) is 25.3 Å². The second kappa shape index (κ2) is 5.07. The zero-order valence-electron chi connectivity index (χ0n) is 8.75. The van der Waals surface area contributed by atoms with Gasteiger partial charge in [0.15, 0.2) is 5.03 Å². The maximum atomic E-state index is 11.2. The van der Waals surface area contributed by atoms with Gasteiger partial charge in [-0.2, -0.15) is 10.4 Å². The van der Waals surface area contributed by atoms with E-state index >= 15 is 0 Å². The lowest BCUT2D eigenvalue weighted by molar-refractivity contribution is 0.180. The Morgan fingerprint density at radius 3 is 2.88 bits per heavy atom. The number of rotatable bonds is 5. The Balaban J connectivity index is 3.09. The molecule has 8 heteroatoms. The minimum absolute atomic E-state index is 0.102. The lowest BCUT2D eigenvalue weighted by Gasteiger charge is -2.01. The number of nitrogens with two attached hydrogens (primary N) is 1. The highest BCUT2D eigenvalue weighted by atomic mass is 32.2. The minimum Gasteiger partial charge on any atom is -0.378 e. The van der Waals surface area contributed by atoms with Crippen LogP contribution < -0.4 is 5.14 Å². The number of aromatic nitrogens is 2. The summed E-state index contributed by atoms with van der Waals surface area (Å²) in [4.78, 5) is 0. The first-order valence-electron chi connectivity index (χ1n) is 4.44. The van der Waals surface area contributed by atoms with Crippen molar-refractivity contribution in [2.24, 2.45) is 5.14 Å². The maximum Gasteiger partial charge on any atom is 0.255 e. The van der Waals surface area contributed by atoms with E-state index in [-0.39, 0.29) is 24.6 Å². The molecule has 0 atom stereocenters. The summed E-state index contributed by atoms with van der Waals surface area (Å²) in [5.41, 5.74) is 0.462. The number of ether oxygens (including phenoxy) is 1. The summed E-state index contributed by atoms with van der Waals surface area (Å²) in [6, 6.07) is 3.25. The van der Waals surface area contributed by atoms with Crippen molar-refractivity contribution >= 4 is 10.0 Å². The Labute approximate surface area is 93.5 Å². The lowest BCUT2D eigenvalue weighted by Crippen LogP contribution is -2.18. The number of aryl methyl sites for hydroxylation is 1. The van der Waals surface area contributed by atoms with Gasteiger partial charge in [0.1, 0.15) is 0 Å². The lowest BCUT2D eigenvalue weighted by atomic mass is 10.5. The van der Waals surface area contributed by atoms with E-state index in [1.165, 1.54) is 17.9 Å². The summed E-state index contributed by atoms with van der Waals surface area (Å²) in [7, 11) is -2.35. The molecule has 88 valence electrons. The predicted octanol–water partition coefficient (Wildman–Crippen LogP) is -0.409. The van der Waals surface area contributed by atoms with Gasteiger partial charge in [0.2, 0.25) is 0 Å². The highest BCUT2D eigenvalue weighted by Gasteiger charge is 2.17. The molecule has 7 nitrogen and oxygen atoms in total. The summed E-state index contributed by atoms with van der Waals surface area (Å²) in [5, 5.41) is 17.3. The van der Waals surface area contributed by atoms with E-state index in [1.807, 2.05) is 6.07 Å². The van der Waals surface area contributed by atoms with Crippen LogP contribution in [0, 0.1) is 11.3 Å². The number of nitriles is 1. The Bertz CT molecular complexity index is 500. The third kappa shape index (κ3) is 3.03. The normalized spacial score (nSPS) is 11.3. The maximum absolute atomic E-state index is 11.2. The monoisotopic (exact) mass is 244 g/mol. The highest BCUT2D eigenvalue weighted by molar-refractivity contribution is 7.89. The SMILES string of the molecule is COCc1cc(S(N)(=O)=O)n(CCC#N)n1. The first-order chi connectivity index (χ1) is 7.49. The molecule has 0 aliphatic carbocycles. The molecule has 0 aliphatic rings. The molecule has 1 aromatic rings. The fourth-order valence-electron chi connectivity index (χ4n) is 1.21. The molecule has 2 N–H and O–H groups in total. The number of hydrogen-bond donors (Lipinski definition) is 1. The molecule has 0 aromatic carbocycles. The molecular formula is C8H12N4O3S. The summed E-state index contributed by atoms with van der Waals surface area (Å²) in [6.45, 7) is 0.383. The van der Waals surface area contributed by atoms with Crippen LogP contribution >= 0.6 is 0 Å². The summed E-state index contributed by atoms with van der Waals surface area (Å²) in [6.07, 6.45) is 0.163. The third-order valence-corrected chi connectivity index (χ3v) is 2.72. The minimum atomic E-state index is -3.83. The van der Waals surface area contributed by atoms with Gasteiger partial charge in [0.25, 0.3) is 10.0 Å². The fourth-order valence-corrected chi connectivity index (χ4v) is 1.94. The molecule has 0 spiro atoms. The number of methoxy groups -OCH3 is 1. The molecule has 0 amide bonds. The van der Waals surface area contributed by atoms with E-state index in [0.717, 1.165) is 0 Å². The second-order valence-electron chi connectivity index (χ2n) is 3.08. The van der Waals surface area contributed by atoms with Gasteiger partial charge in [-0.25, -0.2) is 13.6 Å². The molecular weight excluding hydrogens is 232 g/mol. The molecule has 0 aliphatic heterocycles. The van der Waals surface area contributed by atoms with Gasteiger partial charge >= 0.3 is 0 Å². The smallest absolute Gasteiger partial charge is 0.255 e. The largest absolute Gasteiger partial charge is 0.378 e. The van der Waals surface area contributed by atoms with Crippen molar-refractivity contribution in [3.8, 4) is 6.07 Å². The summed E-state index contributed by atoms with van der Waals surface area (Å²) in [5.74, 6) is 0. The second-order valence-corrected chi connectivity index (χ2v) is 4.59. The van der Waals surface area contributed by atoms with Crippen LogP contribution in [0.15, 0.2) is 11.1 Å². The van der Waals surface area contributed by atoms with Crippen molar-refractivity contribution < 1.29 is 13.2 Å². The van der Waals surface area contributed by atoms with E-state index in [9.17, 15) is 8.42 Å². The molecule has 1 heterocycles. The van der Waals surface area contributed by atoms with Crippen LogP contribution in [0.1, 0.15) is 12.1 Å². The molecule has 0 unspecified atom stereocenters. The third-order valence-electron chi connectivity index (χ3n) is 1.81. The highest BCUT2D eigenvalue weighted by Crippen LogP contribution is 2.11. The van der Waals surface area contributed by atoms with Gasteiger partial charge in [-0.3, -0.25) is 4.68 Å². The number of hydrogen-bond acceptors (Lipinski definition) is 5. The van der Waals surface area contributed by atoms with Crippen LogP contribution in [-0.2, 0) is 27.9 Å². The van der Waals surface area contributed by atoms with Gasteiger partial charge in [0.05, 0.1) is 31.3 Å². The number of primary sulfonamides is 1. The van der Waals surface area contributed by atoms with E-state index in [4.69, 9.17) is 15.1 Å². The van der Waals surface area contributed by atoms with Crippen LogP contribution in [0.4, 0.5) is 0 Å². The predicted molar refractivity (Wildman–Crippen MR) is 54.5 cm³/mol. The Hall–Kier alpha value is -1.43.